The van der Waals surface area contributed by atoms with Crippen molar-refractivity contribution in [1.82, 2.24) is 29.7 Å². The highest BCUT2D eigenvalue weighted by Crippen LogP contribution is 2.24. The Morgan fingerprint density at radius 3 is 2.62 bits per heavy atom. The first-order valence-corrected chi connectivity index (χ1v) is 11.9. The van der Waals surface area contributed by atoms with Gasteiger partial charge in [0.15, 0.2) is 0 Å². The van der Waals surface area contributed by atoms with Gasteiger partial charge in [0.1, 0.15) is 6.54 Å². The summed E-state index contributed by atoms with van der Waals surface area (Å²) in [6.07, 6.45) is 0. The number of hydrogen-bond acceptors (Lipinski definition) is 9. The second-order valence-electron chi connectivity index (χ2n) is 8.22. The molecule has 0 spiro atoms. The quantitative estimate of drug-likeness (QED) is 0.414. The molecular weight excluding hydrogens is 456 g/mol. The summed E-state index contributed by atoms with van der Waals surface area (Å²) in [5, 5.41) is 10.2. The highest BCUT2D eigenvalue weighted by Gasteiger charge is 2.28. The summed E-state index contributed by atoms with van der Waals surface area (Å²) in [6, 6.07) is 11.6. The van der Waals surface area contributed by atoms with Crippen LogP contribution in [0.3, 0.4) is 0 Å². The minimum atomic E-state index is -0.634. The highest BCUT2D eigenvalue weighted by molar-refractivity contribution is 7.13. The Morgan fingerprint density at radius 2 is 1.91 bits per heavy atom. The molecule has 1 atom stereocenters. The third kappa shape index (κ3) is 4.57. The fourth-order valence-corrected chi connectivity index (χ4v) is 4.52. The summed E-state index contributed by atoms with van der Waals surface area (Å²) in [4.78, 5) is 34.1. The van der Waals surface area contributed by atoms with Crippen molar-refractivity contribution in [2.75, 3.05) is 26.2 Å². The number of aromatic nitrogens is 4. The van der Waals surface area contributed by atoms with Gasteiger partial charge in [-0.05, 0) is 25.3 Å². The molecule has 10 nitrogen and oxygen atoms in total. The van der Waals surface area contributed by atoms with E-state index in [-0.39, 0.29) is 24.4 Å². The van der Waals surface area contributed by atoms with E-state index in [9.17, 15) is 9.59 Å². The molecule has 0 bridgehead atoms. The smallest absolute Gasteiger partial charge is 0.387 e. The lowest BCUT2D eigenvalue weighted by Crippen LogP contribution is -2.50. The van der Waals surface area contributed by atoms with Gasteiger partial charge in [-0.15, -0.1) is 16.4 Å². The van der Waals surface area contributed by atoms with Crippen LogP contribution in [-0.4, -0.2) is 61.8 Å². The molecule has 34 heavy (non-hydrogen) atoms. The highest BCUT2D eigenvalue weighted by atomic mass is 32.1. The van der Waals surface area contributed by atoms with Gasteiger partial charge in [0.25, 0.3) is 5.89 Å². The maximum Gasteiger partial charge on any atom is 0.437 e. The van der Waals surface area contributed by atoms with Crippen LogP contribution in [0.1, 0.15) is 24.4 Å². The predicted octanol–water partition coefficient (Wildman–Crippen LogP) is 2.83. The largest absolute Gasteiger partial charge is 0.437 e. The van der Waals surface area contributed by atoms with E-state index in [1.807, 2.05) is 55.6 Å². The van der Waals surface area contributed by atoms with Gasteiger partial charge in [-0.25, -0.2) is 4.79 Å². The van der Waals surface area contributed by atoms with Crippen LogP contribution in [0.15, 0.2) is 55.5 Å². The van der Waals surface area contributed by atoms with Gasteiger partial charge in [0.05, 0.1) is 10.9 Å². The normalized spacial score (nSPS) is 15.5. The molecular formula is C23H24N6O4S. The monoisotopic (exact) mass is 480 g/mol. The van der Waals surface area contributed by atoms with Gasteiger partial charge in [-0.1, -0.05) is 41.1 Å². The van der Waals surface area contributed by atoms with E-state index in [1.54, 1.807) is 4.90 Å². The Bertz CT molecular complexity index is 1320. The number of amides is 1. The lowest BCUT2D eigenvalue weighted by molar-refractivity contribution is -0.134. The van der Waals surface area contributed by atoms with Crippen molar-refractivity contribution in [2.45, 2.75) is 26.4 Å². The minimum absolute atomic E-state index is 0.0736. The van der Waals surface area contributed by atoms with Crippen LogP contribution in [0.5, 0.6) is 0 Å². The average molecular weight is 481 g/mol. The van der Waals surface area contributed by atoms with Gasteiger partial charge in [0, 0.05) is 31.7 Å². The van der Waals surface area contributed by atoms with Crippen molar-refractivity contribution in [3.05, 3.63) is 63.8 Å². The average Bonchev–Trinajstić information content (AvgIpc) is 3.61. The Labute approximate surface area is 199 Å². The maximum atomic E-state index is 12.8. The van der Waals surface area contributed by atoms with Crippen molar-refractivity contribution in [3.8, 4) is 22.2 Å². The molecule has 1 aliphatic rings. The van der Waals surface area contributed by atoms with Crippen molar-refractivity contribution in [2.24, 2.45) is 0 Å². The number of rotatable bonds is 6. The zero-order valence-corrected chi connectivity index (χ0v) is 19.7. The van der Waals surface area contributed by atoms with E-state index >= 15 is 0 Å². The van der Waals surface area contributed by atoms with Crippen molar-refractivity contribution in [3.63, 3.8) is 0 Å². The molecule has 11 heteroatoms. The molecule has 1 amide bonds. The second kappa shape index (κ2) is 9.35. The standard InChI is InChI=1S/C23H24N6O4S/c1-15-5-7-17(8-6-15)20-24-21(33-26-20)16(2)27-9-11-28(12-10-27)19(30)14-29-23(31)32-22(25-29)18-4-3-13-34-18/h3-8,13,16H,9-12,14H2,1-2H3/t16-/m1/s1. The number of nitrogens with zero attached hydrogens (tertiary/aromatic N) is 6. The number of carbonyl (C=O) groups is 1. The van der Waals surface area contributed by atoms with Crippen LogP contribution in [0, 0.1) is 6.92 Å². The second-order valence-corrected chi connectivity index (χ2v) is 9.17. The first-order valence-electron chi connectivity index (χ1n) is 11.0. The first kappa shape index (κ1) is 22.2. The van der Waals surface area contributed by atoms with Crippen LogP contribution in [-0.2, 0) is 11.3 Å². The van der Waals surface area contributed by atoms with Gasteiger partial charge < -0.3 is 13.8 Å². The SMILES string of the molecule is Cc1ccc(-c2noc([C@@H](C)N3CCN(C(=O)Cn4nc(-c5cccs5)oc4=O)CC3)n2)cc1. The fourth-order valence-electron chi connectivity index (χ4n) is 3.87. The molecule has 4 aromatic rings. The first-order chi connectivity index (χ1) is 16.5. The number of thiophene rings is 1. The molecule has 5 rings (SSSR count). The molecule has 0 aliphatic carbocycles. The molecule has 4 heterocycles. The number of hydrogen-bond donors (Lipinski definition) is 0. The van der Waals surface area contributed by atoms with E-state index in [0.29, 0.717) is 37.9 Å². The third-order valence-corrected chi connectivity index (χ3v) is 6.80. The van der Waals surface area contributed by atoms with Gasteiger partial charge in [0.2, 0.25) is 17.6 Å². The zero-order chi connectivity index (χ0) is 23.7. The Kier molecular flexibility index (Phi) is 6.12. The van der Waals surface area contributed by atoms with Crippen molar-refractivity contribution >= 4 is 17.2 Å². The Balaban J connectivity index is 1.18. The molecule has 176 valence electrons. The van der Waals surface area contributed by atoms with E-state index in [1.165, 1.54) is 16.9 Å². The number of piperazine rings is 1. The molecule has 1 aliphatic heterocycles. The molecule has 1 fully saturated rings. The molecule has 0 unspecified atom stereocenters. The van der Waals surface area contributed by atoms with E-state index in [0.717, 1.165) is 15.1 Å². The molecule has 0 saturated carbocycles. The number of benzene rings is 1. The van der Waals surface area contributed by atoms with Crippen molar-refractivity contribution in [1.29, 1.82) is 0 Å². The Hall–Kier alpha value is -3.57. The molecule has 1 aromatic carbocycles. The van der Waals surface area contributed by atoms with E-state index in [2.05, 4.69) is 20.1 Å². The van der Waals surface area contributed by atoms with E-state index < -0.39 is 5.76 Å². The maximum absolute atomic E-state index is 12.8. The summed E-state index contributed by atoms with van der Waals surface area (Å²) in [5.74, 6) is 0.543. The van der Waals surface area contributed by atoms with Crippen LogP contribution < -0.4 is 5.76 Å². The zero-order valence-electron chi connectivity index (χ0n) is 18.9. The number of carbonyl (C=O) groups excluding carboxylic acids is 1. The predicted molar refractivity (Wildman–Crippen MR) is 125 cm³/mol. The summed E-state index contributed by atoms with van der Waals surface area (Å²) < 4.78 is 11.8. The molecule has 3 aromatic heterocycles. The summed E-state index contributed by atoms with van der Waals surface area (Å²) >= 11 is 1.42. The van der Waals surface area contributed by atoms with Crippen LogP contribution in [0.25, 0.3) is 22.2 Å². The lowest BCUT2D eigenvalue weighted by Gasteiger charge is -2.36. The molecule has 0 radical (unpaired) electrons. The third-order valence-electron chi connectivity index (χ3n) is 5.95. The van der Waals surface area contributed by atoms with Crippen molar-refractivity contribution < 1.29 is 13.7 Å². The lowest BCUT2D eigenvalue weighted by atomic mass is 10.1. The summed E-state index contributed by atoms with van der Waals surface area (Å²) in [5.41, 5.74) is 2.08. The minimum Gasteiger partial charge on any atom is -0.387 e. The van der Waals surface area contributed by atoms with E-state index in [4.69, 9.17) is 8.94 Å². The fraction of sp³-hybridized carbons (Fsp3) is 0.348. The van der Waals surface area contributed by atoms with Crippen LogP contribution in [0.4, 0.5) is 0 Å². The van der Waals surface area contributed by atoms with Crippen LogP contribution in [0.2, 0.25) is 0 Å². The summed E-state index contributed by atoms with van der Waals surface area (Å²) in [6.45, 7) is 6.29. The topological polar surface area (TPSA) is 111 Å². The van der Waals surface area contributed by atoms with Crippen LogP contribution >= 0.6 is 11.3 Å². The Morgan fingerprint density at radius 1 is 1.15 bits per heavy atom. The summed E-state index contributed by atoms with van der Waals surface area (Å²) in [7, 11) is 0. The van der Waals surface area contributed by atoms with Gasteiger partial charge >= 0.3 is 5.76 Å². The van der Waals surface area contributed by atoms with Gasteiger partial charge in [-0.3, -0.25) is 9.69 Å². The number of aryl methyl sites for hydroxylation is 1. The van der Waals surface area contributed by atoms with Gasteiger partial charge in [-0.2, -0.15) is 9.67 Å². The molecule has 0 N–H and O–H groups in total. The molecule has 1 saturated heterocycles.